The van der Waals surface area contributed by atoms with Crippen LogP contribution in [0.4, 0.5) is 4.39 Å². The van der Waals surface area contributed by atoms with Crippen molar-refractivity contribution in [3.63, 3.8) is 0 Å². The molecule has 0 unspecified atom stereocenters. The van der Waals surface area contributed by atoms with Gasteiger partial charge < -0.3 is 10.0 Å². The predicted octanol–water partition coefficient (Wildman–Crippen LogP) is 0.208. The molecule has 3 heterocycles. The number of nitrogens with zero attached hydrogens (tertiary/aromatic N) is 5. The molecule has 1 aliphatic heterocycles. The largest absolute Gasteiger partial charge is 0.476 e. The number of carbonyl (C=O) groups is 2. The first kappa shape index (κ1) is 13.2. The highest BCUT2D eigenvalue weighted by Gasteiger charge is 2.34. The number of hydrogen-bond acceptors (Lipinski definition) is 5. The number of aromatic carboxylic acids is 1. The van der Waals surface area contributed by atoms with Crippen molar-refractivity contribution in [3.05, 3.63) is 41.7 Å². The highest BCUT2D eigenvalue weighted by atomic mass is 19.1. The van der Waals surface area contributed by atoms with Crippen LogP contribution in [0.25, 0.3) is 0 Å². The van der Waals surface area contributed by atoms with E-state index in [-0.39, 0.29) is 17.3 Å². The zero-order valence-corrected chi connectivity index (χ0v) is 10.7. The molecule has 0 atom stereocenters. The molecule has 2 aromatic rings. The molecule has 1 fully saturated rings. The predicted molar refractivity (Wildman–Crippen MR) is 66.1 cm³/mol. The maximum Gasteiger partial charge on any atom is 0.358 e. The van der Waals surface area contributed by atoms with Gasteiger partial charge in [0.25, 0.3) is 5.91 Å². The second-order valence-electron chi connectivity index (χ2n) is 4.61. The van der Waals surface area contributed by atoms with E-state index in [9.17, 15) is 14.0 Å². The number of amides is 1. The molecule has 1 aliphatic rings. The molecular formula is C12H10FN5O3. The van der Waals surface area contributed by atoms with Crippen molar-refractivity contribution in [2.75, 3.05) is 13.1 Å². The average Bonchev–Trinajstić information content (AvgIpc) is 2.87. The normalized spacial score (nSPS) is 14.8. The quantitative estimate of drug-likeness (QED) is 0.867. The van der Waals surface area contributed by atoms with Crippen molar-refractivity contribution >= 4 is 11.9 Å². The van der Waals surface area contributed by atoms with Crippen LogP contribution in [-0.2, 0) is 0 Å². The van der Waals surface area contributed by atoms with Crippen LogP contribution in [0.15, 0.2) is 24.7 Å². The lowest BCUT2D eigenvalue weighted by Gasteiger charge is -2.38. The molecule has 9 heteroatoms. The molecule has 0 spiro atoms. The summed E-state index contributed by atoms with van der Waals surface area (Å²) in [5.74, 6) is -2.25. The zero-order chi connectivity index (χ0) is 15.0. The number of carbonyl (C=O) groups excluding carboxylic acids is 1. The second kappa shape index (κ2) is 4.93. The van der Waals surface area contributed by atoms with Gasteiger partial charge >= 0.3 is 5.97 Å². The standard InChI is InChI=1S/C12H10FN5O3/c13-9-3-14-2-1-8(9)11(19)17-4-7(5-17)18-6-10(12(20)21)15-16-18/h1-3,6-7H,4-5H2,(H,20,21). The molecule has 0 saturated carbocycles. The van der Waals surface area contributed by atoms with Gasteiger partial charge in [-0.2, -0.15) is 0 Å². The van der Waals surface area contributed by atoms with Crippen molar-refractivity contribution in [3.8, 4) is 0 Å². The Morgan fingerprint density at radius 2 is 2.14 bits per heavy atom. The maximum atomic E-state index is 13.5. The molecule has 0 aromatic carbocycles. The lowest BCUT2D eigenvalue weighted by atomic mass is 10.1. The summed E-state index contributed by atoms with van der Waals surface area (Å²) in [7, 11) is 0. The van der Waals surface area contributed by atoms with Crippen LogP contribution < -0.4 is 0 Å². The lowest BCUT2D eigenvalue weighted by molar-refractivity contribution is 0.0492. The van der Waals surface area contributed by atoms with Crippen molar-refractivity contribution in [2.24, 2.45) is 0 Å². The number of rotatable bonds is 3. The summed E-state index contributed by atoms with van der Waals surface area (Å²) in [6.45, 7) is 0.645. The van der Waals surface area contributed by atoms with Crippen LogP contribution in [-0.4, -0.2) is 55.0 Å². The van der Waals surface area contributed by atoms with Crippen LogP contribution in [0.5, 0.6) is 0 Å². The average molecular weight is 291 g/mol. The minimum atomic E-state index is -1.16. The third-order valence-corrected chi connectivity index (χ3v) is 3.26. The van der Waals surface area contributed by atoms with Gasteiger partial charge in [-0.25, -0.2) is 13.9 Å². The fourth-order valence-corrected chi connectivity index (χ4v) is 2.06. The van der Waals surface area contributed by atoms with E-state index < -0.39 is 17.7 Å². The number of aromatic nitrogens is 4. The van der Waals surface area contributed by atoms with Gasteiger partial charge in [-0.3, -0.25) is 9.78 Å². The number of hydrogen-bond donors (Lipinski definition) is 1. The van der Waals surface area contributed by atoms with Crippen molar-refractivity contribution in [1.82, 2.24) is 24.9 Å². The molecule has 1 saturated heterocycles. The van der Waals surface area contributed by atoms with Gasteiger partial charge in [-0.05, 0) is 6.07 Å². The Morgan fingerprint density at radius 3 is 2.76 bits per heavy atom. The fourth-order valence-electron chi connectivity index (χ4n) is 2.06. The molecule has 1 N–H and O–H groups in total. The summed E-state index contributed by atoms with van der Waals surface area (Å²) >= 11 is 0. The van der Waals surface area contributed by atoms with Crippen LogP contribution in [0.1, 0.15) is 26.9 Å². The van der Waals surface area contributed by atoms with Crippen molar-refractivity contribution < 1.29 is 19.1 Å². The van der Waals surface area contributed by atoms with E-state index in [0.717, 1.165) is 6.20 Å². The van der Waals surface area contributed by atoms with E-state index >= 15 is 0 Å². The molecule has 21 heavy (non-hydrogen) atoms. The Labute approximate surface area is 117 Å². The number of halogens is 1. The second-order valence-corrected chi connectivity index (χ2v) is 4.61. The van der Waals surface area contributed by atoms with Gasteiger partial charge in [0.05, 0.1) is 24.0 Å². The minimum absolute atomic E-state index is 0.0340. The first-order chi connectivity index (χ1) is 10.1. The molecule has 2 aromatic heterocycles. The monoisotopic (exact) mass is 291 g/mol. The molecule has 108 valence electrons. The summed E-state index contributed by atoms with van der Waals surface area (Å²) < 4.78 is 14.9. The molecule has 8 nitrogen and oxygen atoms in total. The van der Waals surface area contributed by atoms with Crippen molar-refractivity contribution in [1.29, 1.82) is 0 Å². The first-order valence-electron chi connectivity index (χ1n) is 6.10. The van der Waals surface area contributed by atoms with Crippen LogP contribution in [0.3, 0.4) is 0 Å². The molecular weight excluding hydrogens is 281 g/mol. The lowest BCUT2D eigenvalue weighted by Crippen LogP contribution is -2.51. The SMILES string of the molecule is O=C(O)c1cn(C2CN(C(=O)c3ccncc3F)C2)nn1. The van der Waals surface area contributed by atoms with E-state index in [1.807, 2.05) is 0 Å². The van der Waals surface area contributed by atoms with Gasteiger partial charge in [-0.1, -0.05) is 5.21 Å². The highest BCUT2D eigenvalue weighted by Crippen LogP contribution is 2.23. The van der Waals surface area contributed by atoms with E-state index in [1.165, 1.54) is 28.0 Å². The van der Waals surface area contributed by atoms with Gasteiger partial charge in [-0.15, -0.1) is 5.10 Å². The van der Waals surface area contributed by atoms with Gasteiger partial charge in [0, 0.05) is 19.3 Å². The Kier molecular flexibility index (Phi) is 3.09. The molecule has 3 rings (SSSR count). The van der Waals surface area contributed by atoms with E-state index in [4.69, 9.17) is 5.11 Å². The van der Waals surface area contributed by atoms with Gasteiger partial charge in [0.2, 0.25) is 0 Å². The summed E-state index contributed by atoms with van der Waals surface area (Å²) in [4.78, 5) is 27.8. The first-order valence-corrected chi connectivity index (χ1v) is 6.10. The number of likely N-dealkylation sites (tertiary alicyclic amines) is 1. The van der Waals surface area contributed by atoms with E-state index in [0.29, 0.717) is 13.1 Å². The van der Waals surface area contributed by atoms with Crippen LogP contribution in [0.2, 0.25) is 0 Å². The van der Waals surface area contributed by atoms with E-state index in [1.54, 1.807) is 0 Å². The summed E-state index contributed by atoms with van der Waals surface area (Å²) in [5, 5.41) is 16.0. The maximum absolute atomic E-state index is 13.5. The number of carboxylic acid groups (broad SMARTS) is 1. The van der Waals surface area contributed by atoms with Crippen LogP contribution in [0, 0.1) is 5.82 Å². The summed E-state index contributed by atoms with van der Waals surface area (Å²) in [6.07, 6.45) is 3.65. The van der Waals surface area contributed by atoms with Crippen LogP contribution >= 0.6 is 0 Å². The zero-order valence-electron chi connectivity index (χ0n) is 10.7. The third kappa shape index (κ3) is 2.33. The molecule has 0 radical (unpaired) electrons. The Balaban J connectivity index is 1.66. The van der Waals surface area contributed by atoms with Gasteiger partial charge in [0.15, 0.2) is 11.5 Å². The Hall–Kier alpha value is -2.84. The highest BCUT2D eigenvalue weighted by molar-refractivity contribution is 5.94. The molecule has 0 bridgehead atoms. The summed E-state index contributed by atoms with van der Waals surface area (Å²) in [5.41, 5.74) is -0.187. The number of carboxylic acids is 1. The van der Waals surface area contributed by atoms with Gasteiger partial charge in [0.1, 0.15) is 0 Å². The topological polar surface area (TPSA) is 101 Å². The van der Waals surface area contributed by atoms with Crippen molar-refractivity contribution in [2.45, 2.75) is 6.04 Å². The van der Waals surface area contributed by atoms with E-state index in [2.05, 4.69) is 15.3 Å². The Bertz CT molecular complexity index is 710. The Morgan fingerprint density at radius 1 is 1.38 bits per heavy atom. The minimum Gasteiger partial charge on any atom is -0.476 e. The third-order valence-electron chi connectivity index (χ3n) is 3.26. The molecule has 0 aliphatic carbocycles. The smallest absolute Gasteiger partial charge is 0.358 e. The number of pyridine rings is 1. The fraction of sp³-hybridized carbons (Fsp3) is 0.250. The molecule has 1 amide bonds. The summed E-state index contributed by atoms with van der Waals surface area (Å²) in [6, 6.07) is 1.17.